The second kappa shape index (κ2) is 6.68. The highest BCUT2D eigenvalue weighted by atomic mass is 35.5. The number of nitrogens with one attached hydrogen (secondary N) is 1. The van der Waals surface area contributed by atoms with Crippen LogP contribution in [0.1, 0.15) is 27.2 Å². The van der Waals surface area contributed by atoms with Crippen LogP contribution in [0, 0.1) is 13.8 Å². The molecule has 0 bridgehead atoms. The summed E-state index contributed by atoms with van der Waals surface area (Å²) in [6.45, 7) is 6.74. The Kier molecular flexibility index (Phi) is 4.82. The second-order valence-corrected chi connectivity index (χ2v) is 8.33. The Labute approximate surface area is 147 Å². The largest absolute Gasteiger partial charge is 0.362 e. The first kappa shape index (κ1) is 16.6. The molecule has 5 nitrogen and oxygen atoms in total. The molecule has 1 atom stereocenters. The SMILES string of the molecule is Cc1cnc(CNc2nc(Cl)nc3c(C)c(C[C@H](C)N)sc23)s1. The molecule has 8 heteroatoms. The molecular formula is C15H18ClN5S2. The van der Waals surface area contributed by atoms with Crippen LogP contribution in [-0.2, 0) is 13.0 Å². The van der Waals surface area contributed by atoms with E-state index in [4.69, 9.17) is 17.3 Å². The molecule has 0 aliphatic rings. The van der Waals surface area contributed by atoms with Gasteiger partial charge in [-0.05, 0) is 44.4 Å². The van der Waals surface area contributed by atoms with Crippen LogP contribution in [0.25, 0.3) is 10.2 Å². The highest BCUT2D eigenvalue weighted by Crippen LogP contribution is 2.35. The van der Waals surface area contributed by atoms with Crippen molar-refractivity contribution in [2.45, 2.75) is 39.8 Å². The monoisotopic (exact) mass is 367 g/mol. The number of hydrogen-bond donors (Lipinski definition) is 2. The molecule has 23 heavy (non-hydrogen) atoms. The number of aryl methyl sites for hydroxylation is 2. The third-order valence-corrected chi connectivity index (χ3v) is 5.81. The Morgan fingerprint density at radius 3 is 2.74 bits per heavy atom. The Hall–Kier alpha value is -1.28. The summed E-state index contributed by atoms with van der Waals surface area (Å²) in [4.78, 5) is 15.5. The van der Waals surface area contributed by atoms with Crippen LogP contribution >= 0.6 is 34.3 Å². The van der Waals surface area contributed by atoms with Crippen molar-refractivity contribution in [3.8, 4) is 0 Å². The first-order valence-corrected chi connectivity index (χ1v) is 9.31. The van der Waals surface area contributed by atoms with Gasteiger partial charge in [-0.2, -0.15) is 4.98 Å². The van der Waals surface area contributed by atoms with E-state index in [1.165, 1.54) is 9.75 Å². The minimum absolute atomic E-state index is 0.111. The molecule has 0 aliphatic heterocycles. The molecule has 3 N–H and O–H groups in total. The lowest BCUT2D eigenvalue weighted by Gasteiger charge is -2.05. The normalized spacial score (nSPS) is 12.7. The summed E-state index contributed by atoms with van der Waals surface area (Å²) < 4.78 is 1.02. The lowest BCUT2D eigenvalue weighted by molar-refractivity contribution is 0.744. The number of halogens is 1. The minimum atomic E-state index is 0.111. The number of thiophene rings is 1. The molecule has 0 unspecified atom stereocenters. The zero-order valence-electron chi connectivity index (χ0n) is 13.2. The Bertz CT molecular complexity index is 840. The van der Waals surface area contributed by atoms with Crippen LogP contribution in [0.4, 0.5) is 5.82 Å². The lowest BCUT2D eigenvalue weighted by Crippen LogP contribution is -2.17. The van der Waals surface area contributed by atoms with Crippen molar-refractivity contribution in [2.24, 2.45) is 5.73 Å². The van der Waals surface area contributed by atoms with Crippen molar-refractivity contribution in [3.63, 3.8) is 0 Å². The third-order valence-electron chi connectivity index (χ3n) is 3.42. The highest BCUT2D eigenvalue weighted by Gasteiger charge is 2.16. The van der Waals surface area contributed by atoms with E-state index in [9.17, 15) is 0 Å². The molecule has 122 valence electrons. The van der Waals surface area contributed by atoms with E-state index < -0.39 is 0 Å². The van der Waals surface area contributed by atoms with E-state index in [-0.39, 0.29) is 11.3 Å². The standard InChI is InChI=1S/C15H18ClN5S2/c1-7(17)4-10-9(3)12-13(23-10)14(21-15(16)20-12)19-6-11-18-5-8(2)22-11/h5,7H,4,6,17H2,1-3H3,(H,19,20,21)/t7-/m0/s1. The van der Waals surface area contributed by atoms with Gasteiger partial charge in [0, 0.05) is 22.0 Å². The van der Waals surface area contributed by atoms with Gasteiger partial charge >= 0.3 is 0 Å². The van der Waals surface area contributed by atoms with E-state index in [0.29, 0.717) is 6.54 Å². The number of nitrogens with two attached hydrogens (primary N) is 1. The maximum atomic E-state index is 6.10. The Morgan fingerprint density at radius 1 is 1.30 bits per heavy atom. The number of aromatic nitrogens is 3. The molecule has 3 aromatic rings. The van der Waals surface area contributed by atoms with Crippen LogP contribution in [-0.4, -0.2) is 21.0 Å². The quantitative estimate of drug-likeness (QED) is 0.668. The number of anilines is 1. The van der Waals surface area contributed by atoms with E-state index >= 15 is 0 Å². The topological polar surface area (TPSA) is 76.7 Å². The molecule has 0 amide bonds. The molecular weight excluding hydrogens is 350 g/mol. The van der Waals surface area contributed by atoms with Crippen molar-refractivity contribution in [1.82, 2.24) is 15.0 Å². The average molecular weight is 368 g/mol. The maximum Gasteiger partial charge on any atom is 0.224 e. The van der Waals surface area contributed by atoms with Gasteiger partial charge in [0.1, 0.15) is 10.8 Å². The maximum absolute atomic E-state index is 6.10. The van der Waals surface area contributed by atoms with Crippen LogP contribution in [0.5, 0.6) is 0 Å². The van der Waals surface area contributed by atoms with Gasteiger partial charge in [0.05, 0.1) is 16.8 Å². The zero-order chi connectivity index (χ0) is 16.6. The number of nitrogens with zero attached hydrogens (tertiary/aromatic N) is 3. The molecule has 0 spiro atoms. The van der Waals surface area contributed by atoms with E-state index in [1.807, 2.05) is 20.0 Å². The molecule has 0 saturated carbocycles. The summed E-state index contributed by atoms with van der Waals surface area (Å²) in [5, 5.41) is 4.62. The van der Waals surface area contributed by atoms with Gasteiger partial charge in [0.25, 0.3) is 0 Å². The van der Waals surface area contributed by atoms with Gasteiger partial charge in [-0.15, -0.1) is 22.7 Å². The smallest absolute Gasteiger partial charge is 0.224 e. The summed E-state index contributed by atoms with van der Waals surface area (Å²) in [6.07, 6.45) is 2.70. The first-order chi connectivity index (χ1) is 10.9. The van der Waals surface area contributed by atoms with Gasteiger partial charge < -0.3 is 11.1 Å². The number of thiazole rings is 1. The van der Waals surface area contributed by atoms with Gasteiger partial charge in [0.2, 0.25) is 5.28 Å². The molecule has 3 heterocycles. The molecule has 3 aromatic heterocycles. The molecule has 0 aliphatic carbocycles. The van der Waals surface area contributed by atoms with Gasteiger partial charge in [0.15, 0.2) is 0 Å². The van der Waals surface area contributed by atoms with Crippen molar-refractivity contribution in [1.29, 1.82) is 0 Å². The van der Waals surface area contributed by atoms with Crippen molar-refractivity contribution in [2.75, 3.05) is 5.32 Å². The Morgan fingerprint density at radius 2 is 2.09 bits per heavy atom. The molecule has 0 radical (unpaired) electrons. The van der Waals surface area contributed by atoms with Crippen molar-refractivity contribution < 1.29 is 0 Å². The van der Waals surface area contributed by atoms with Crippen LogP contribution in [0.15, 0.2) is 6.20 Å². The summed E-state index contributed by atoms with van der Waals surface area (Å²) in [6, 6.07) is 0.111. The molecule has 0 fully saturated rings. The summed E-state index contributed by atoms with van der Waals surface area (Å²) >= 11 is 9.46. The van der Waals surface area contributed by atoms with Crippen LogP contribution < -0.4 is 11.1 Å². The highest BCUT2D eigenvalue weighted by molar-refractivity contribution is 7.19. The fraction of sp³-hybridized carbons (Fsp3) is 0.400. The summed E-state index contributed by atoms with van der Waals surface area (Å²) in [5.41, 5.74) is 7.99. The average Bonchev–Trinajstić information content (AvgIpc) is 3.02. The van der Waals surface area contributed by atoms with Gasteiger partial charge in [-0.1, -0.05) is 0 Å². The second-order valence-electron chi connectivity index (χ2n) is 5.57. The summed E-state index contributed by atoms with van der Waals surface area (Å²) in [5.74, 6) is 0.761. The Balaban J connectivity index is 1.95. The number of hydrogen-bond acceptors (Lipinski definition) is 7. The molecule has 0 aromatic carbocycles. The fourth-order valence-electron chi connectivity index (χ4n) is 2.36. The third kappa shape index (κ3) is 3.63. The van der Waals surface area contributed by atoms with Crippen molar-refractivity contribution >= 4 is 50.3 Å². The summed E-state index contributed by atoms with van der Waals surface area (Å²) in [7, 11) is 0. The van der Waals surface area contributed by atoms with E-state index in [2.05, 4.69) is 27.2 Å². The predicted molar refractivity (Wildman–Crippen MR) is 98.7 cm³/mol. The van der Waals surface area contributed by atoms with E-state index in [0.717, 1.165) is 33.0 Å². The number of rotatable bonds is 5. The lowest BCUT2D eigenvalue weighted by atomic mass is 10.1. The zero-order valence-corrected chi connectivity index (χ0v) is 15.6. The van der Waals surface area contributed by atoms with Crippen LogP contribution in [0.3, 0.4) is 0 Å². The number of fused-ring (bicyclic) bond motifs is 1. The fourth-order valence-corrected chi connectivity index (χ4v) is 4.60. The molecule has 3 rings (SSSR count). The predicted octanol–water partition coefficient (Wildman–Crippen LogP) is 3.92. The first-order valence-electron chi connectivity index (χ1n) is 7.30. The van der Waals surface area contributed by atoms with Gasteiger partial charge in [-0.3, -0.25) is 0 Å². The van der Waals surface area contributed by atoms with Crippen molar-refractivity contribution in [3.05, 3.63) is 31.8 Å². The minimum Gasteiger partial charge on any atom is -0.362 e. The molecule has 0 saturated heterocycles. The van der Waals surface area contributed by atoms with E-state index in [1.54, 1.807) is 22.7 Å². The van der Waals surface area contributed by atoms with Gasteiger partial charge in [-0.25, -0.2) is 9.97 Å². The van der Waals surface area contributed by atoms with Crippen LogP contribution in [0.2, 0.25) is 5.28 Å².